The number of thioether (sulfide) groups is 1. The zero-order valence-electron chi connectivity index (χ0n) is 12.3. The van der Waals surface area contributed by atoms with E-state index in [1.54, 1.807) is 30.3 Å². The van der Waals surface area contributed by atoms with E-state index in [4.69, 9.17) is 0 Å². The molecule has 2 aromatic rings. The lowest BCUT2D eigenvalue weighted by Gasteiger charge is -2.14. The molecule has 8 nitrogen and oxygen atoms in total. The van der Waals surface area contributed by atoms with Crippen molar-refractivity contribution in [2.75, 3.05) is 5.75 Å². The second-order valence-electron chi connectivity index (χ2n) is 4.65. The summed E-state index contributed by atoms with van der Waals surface area (Å²) in [5.74, 6) is -1.69. The Morgan fingerprint density at radius 3 is 2.50 bits per heavy atom. The number of amides is 1. The first-order valence-electron chi connectivity index (χ1n) is 6.77. The number of nitrogens with one attached hydrogen (secondary N) is 1. The molecule has 0 aliphatic carbocycles. The largest absolute Gasteiger partial charge is 0.479 e. The highest BCUT2D eigenvalue weighted by atomic mass is 32.2. The number of hydrogen-bond donors (Lipinski definition) is 2. The monoisotopic (exact) mass is 347 g/mol. The van der Waals surface area contributed by atoms with Crippen molar-refractivity contribution in [2.24, 2.45) is 0 Å². The summed E-state index contributed by atoms with van der Waals surface area (Å²) < 4.78 is 0. The molecule has 9 heteroatoms. The van der Waals surface area contributed by atoms with Crippen molar-refractivity contribution in [1.82, 2.24) is 10.3 Å². The second kappa shape index (κ2) is 8.06. The third kappa shape index (κ3) is 4.78. The number of rotatable bonds is 7. The Balaban J connectivity index is 1.94. The van der Waals surface area contributed by atoms with Gasteiger partial charge in [-0.05, 0) is 11.6 Å². The standard InChI is InChI=1S/C15H13N3O5S/c19-12(9-24-13-7-6-11(8-16-13)18(22)23)17-14(15(20)21)10-4-2-1-3-5-10/h1-8,14H,9H2,(H,17,19)(H,20,21). The van der Waals surface area contributed by atoms with Crippen molar-refractivity contribution in [1.29, 1.82) is 0 Å². The summed E-state index contributed by atoms with van der Waals surface area (Å²) in [5.41, 5.74) is 0.329. The first-order chi connectivity index (χ1) is 11.5. The average Bonchev–Trinajstić information content (AvgIpc) is 2.58. The molecule has 0 spiro atoms. The molecule has 2 N–H and O–H groups in total. The Bertz CT molecular complexity index is 737. The minimum absolute atomic E-state index is 0.0541. The van der Waals surface area contributed by atoms with Crippen molar-refractivity contribution in [3.63, 3.8) is 0 Å². The maximum absolute atomic E-state index is 11.9. The third-order valence-corrected chi connectivity index (χ3v) is 3.91. The van der Waals surface area contributed by atoms with Gasteiger partial charge in [-0.15, -0.1) is 0 Å². The van der Waals surface area contributed by atoms with Crippen LogP contribution < -0.4 is 5.32 Å². The van der Waals surface area contributed by atoms with Gasteiger partial charge in [-0.2, -0.15) is 0 Å². The first-order valence-corrected chi connectivity index (χ1v) is 7.76. The molecule has 0 saturated carbocycles. The smallest absolute Gasteiger partial charge is 0.330 e. The zero-order chi connectivity index (χ0) is 17.5. The van der Waals surface area contributed by atoms with E-state index in [9.17, 15) is 24.8 Å². The predicted octanol–water partition coefficient (Wildman–Crippen LogP) is 2.02. The normalized spacial score (nSPS) is 11.5. The minimum atomic E-state index is -1.16. The molecule has 0 aliphatic heterocycles. The summed E-state index contributed by atoms with van der Waals surface area (Å²) in [7, 11) is 0. The van der Waals surface area contributed by atoms with E-state index in [0.29, 0.717) is 10.6 Å². The molecular weight excluding hydrogens is 334 g/mol. The highest BCUT2D eigenvalue weighted by Crippen LogP contribution is 2.19. The number of pyridine rings is 1. The Morgan fingerprint density at radius 1 is 1.25 bits per heavy atom. The number of carbonyl (C=O) groups excluding carboxylic acids is 1. The Morgan fingerprint density at radius 2 is 1.96 bits per heavy atom. The molecule has 0 bridgehead atoms. The van der Waals surface area contributed by atoms with Crippen LogP contribution in [0.25, 0.3) is 0 Å². The molecule has 1 atom stereocenters. The molecule has 0 radical (unpaired) electrons. The van der Waals surface area contributed by atoms with Crippen LogP contribution >= 0.6 is 11.8 Å². The predicted molar refractivity (Wildman–Crippen MR) is 86.6 cm³/mol. The number of aliphatic carboxylic acids is 1. The van der Waals surface area contributed by atoms with Gasteiger partial charge < -0.3 is 10.4 Å². The summed E-state index contributed by atoms with van der Waals surface area (Å²) in [4.78, 5) is 37.1. The van der Waals surface area contributed by atoms with Crippen LogP contribution in [-0.4, -0.2) is 32.6 Å². The summed E-state index contributed by atoms with van der Waals surface area (Å²) in [6.45, 7) is 0. The molecule has 24 heavy (non-hydrogen) atoms. The molecule has 1 heterocycles. The molecule has 0 saturated heterocycles. The highest BCUT2D eigenvalue weighted by molar-refractivity contribution is 7.99. The first kappa shape index (κ1) is 17.4. The van der Waals surface area contributed by atoms with Crippen LogP contribution in [0.2, 0.25) is 0 Å². The Hall–Kier alpha value is -2.94. The molecule has 1 unspecified atom stereocenters. The second-order valence-corrected chi connectivity index (χ2v) is 5.65. The topological polar surface area (TPSA) is 122 Å². The van der Waals surface area contributed by atoms with E-state index >= 15 is 0 Å². The van der Waals surface area contributed by atoms with Gasteiger partial charge in [0.15, 0.2) is 6.04 Å². The Kier molecular flexibility index (Phi) is 5.85. The summed E-state index contributed by atoms with van der Waals surface area (Å²) in [6.07, 6.45) is 1.10. The van der Waals surface area contributed by atoms with Crippen LogP contribution in [0, 0.1) is 10.1 Å². The van der Waals surface area contributed by atoms with E-state index in [1.807, 2.05) is 0 Å². The fraction of sp³-hybridized carbons (Fsp3) is 0.133. The van der Waals surface area contributed by atoms with Crippen LogP contribution in [0.5, 0.6) is 0 Å². The van der Waals surface area contributed by atoms with E-state index in [0.717, 1.165) is 18.0 Å². The van der Waals surface area contributed by atoms with E-state index < -0.39 is 22.8 Å². The number of benzene rings is 1. The number of carboxylic acid groups (broad SMARTS) is 1. The van der Waals surface area contributed by atoms with Crippen LogP contribution in [-0.2, 0) is 9.59 Å². The minimum Gasteiger partial charge on any atom is -0.479 e. The molecule has 1 aromatic heterocycles. The maximum atomic E-state index is 11.9. The summed E-state index contributed by atoms with van der Waals surface area (Å²) in [5, 5.41) is 22.7. The van der Waals surface area contributed by atoms with Crippen LogP contribution in [0.3, 0.4) is 0 Å². The van der Waals surface area contributed by atoms with Crippen LogP contribution in [0.1, 0.15) is 11.6 Å². The summed E-state index contributed by atoms with van der Waals surface area (Å²) in [6, 6.07) is 9.94. The number of aromatic nitrogens is 1. The van der Waals surface area contributed by atoms with Gasteiger partial charge in [-0.25, -0.2) is 9.78 Å². The van der Waals surface area contributed by atoms with Crippen molar-refractivity contribution in [2.45, 2.75) is 11.1 Å². The van der Waals surface area contributed by atoms with Gasteiger partial charge in [0.25, 0.3) is 5.69 Å². The van der Waals surface area contributed by atoms with Gasteiger partial charge >= 0.3 is 5.97 Å². The van der Waals surface area contributed by atoms with E-state index in [2.05, 4.69) is 10.3 Å². The van der Waals surface area contributed by atoms with Gasteiger partial charge in [-0.3, -0.25) is 14.9 Å². The quantitative estimate of drug-likeness (QED) is 0.446. The zero-order valence-corrected chi connectivity index (χ0v) is 13.1. The van der Waals surface area contributed by atoms with Crippen molar-refractivity contribution < 1.29 is 19.6 Å². The van der Waals surface area contributed by atoms with Crippen LogP contribution in [0.15, 0.2) is 53.7 Å². The highest BCUT2D eigenvalue weighted by Gasteiger charge is 2.21. The fourth-order valence-corrected chi connectivity index (χ4v) is 2.49. The molecule has 1 aromatic carbocycles. The molecule has 0 aliphatic rings. The number of carbonyl (C=O) groups is 2. The number of hydrogen-bond acceptors (Lipinski definition) is 6. The molecule has 124 valence electrons. The molecular formula is C15H13N3O5S. The van der Waals surface area contributed by atoms with Gasteiger partial charge in [-0.1, -0.05) is 42.1 Å². The Labute approximate surface area is 141 Å². The van der Waals surface area contributed by atoms with Gasteiger partial charge in [0.2, 0.25) is 5.91 Å². The number of nitrogens with zero attached hydrogens (tertiary/aromatic N) is 2. The number of nitro groups is 1. The molecule has 2 rings (SSSR count). The van der Waals surface area contributed by atoms with Gasteiger partial charge in [0.1, 0.15) is 6.20 Å². The molecule has 0 fully saturated rings. The lowest BCUT2D eigenvalue weighted by Crippen LogP contribution is -2.34. The van der Waals surface area contributed by atoms with Gasteiger partial charge in [0, 0.05) is 6.07 Å². The summed E-state index contributed by atoms with van der Waals surface area (Å²) >= 11 is 1.06. The van der Waals surface area contributed by atoms with E-state index in [1.165, 1.54) is 12.1 Å². The van der Waals surface area contributed by atoms with Crippen LogP contribution in [0.4, 0.5) is 5.69 Å². The van der Waals surface area contributed by atoms with Crippen molar-refractivity contribution >= 4 is 29.3 Å². The molecule has 1 amide bonds. The van der Waals surface area contributed by atoms with E-state index in [-0.39, 0.29) is 11.4 Å². The lowest BCUT2D eigenvalue weighted by atomic mass is 10.1. The SMILES string of the molecule is O=C(CSc1ccc([N+](=O)[O-])cn1)NC(C(=O)O)c1ccccc1. The van der Waals surface area contributed by atoms with Gasteiger partial charge in [0.05, 0.1) is 15.7 Å². The average molecular weight is 347 g/mol. The third-order valence-electron chi connectivity index (χ3n) is 2.97. The van der Waals surface area contributed by atoms with Crippen molar-refractivity contribution in [3.8, 4) is 0 Å². The van der Waals surface area contributed by atoms with Crippen molar-refractivity contribution in [3.05, 3.63) is 64.3 Å². The lowest BCUT2D eigenvalue weighted by molar-refractivity contribution is -0.385. The number of carboxylic acids is 1. The maximum Gasteiger partial charge on any atom is 0.330 e. The fourth-order valence-electron chi connectivity index (χ4n) is 1.84.